The van der Waals surface area contributed by atoms with Crippen molar-refractivity contribution >= 4 is 22.7 Å². The van der Waals surface area contributed by atoms with E-state index in [1.54, 1.807) is 6.20 Å². The summed E-state index contributed by atoms with van der Waals surface area (Å²) in [7, 11) is 0. The van der Waals surface area contributed by atoms with Crippen LogP contribution in [-0.2, 0) is 0 Å². The number of hydrogen-bond donors (Lipinski definition) is 3. The van der Waals surface area contributed by atoms with E-state index in [0.717, 1.165) is 27.7 Å². The highest BCUT2D eigenvalue weighted by molar-refractivity contribution is 5.97. The maximum absolute atomic E-state index is 5.91. The van der Waals surface area contributed by atoms with Crippen molar-refractivity contribution in [3.8, 4) is 11.1 Å². The number of H-pyrrole nitrogens is 1. The van der Waals surface area contributed by atoms with Crippen molar-refractivity contribution in [3.63, 3.8) is 0 Å². The van der Waals surface area contributed by atoms with Crippen LogP contribution in [0.4, 0.5) is 11.8 Å². The molecule has 1 aromatic carbocycles. The summed E-state index contributed by atoms with van der Waals surface area (Å²) < 4.78 is 0. The van der Waals surface area contributed by atoms with Crippen LogP contribution >= 0.6 is 0 Å². The number of rotatable bonds is 1. The second kappa shape index (κ2) is 3.73. The van der Waals surface area contributed by atoms with Crippen LogP contribution in [0.5, 0.6) is 0 Å². The van der Waals surface area contributed by atoms with Crippen LogP contribution in [0.3, 0.4) is 0 Å². The van der Waals surface area contributed by atoms with Gasteiger partial charge in [0.25, 0.3) is 0 Å². The molecule has 0 bridgehead atoms. The summed E-state index contributed by atoms with van der Waals surface area (Å²) in [6.45, 7) is 2.02. The predicted octanol–water partition coefficient (Wildman–Crippen LogP) is 2.10. The van der Waals surface area contributed by atoms with Crippen molar-refractivity contribution in [1.82, 2.24) is 15.0 Å². The average molecular weight is 239 g/mol. The standard InChI is InChI=1S/C13H13N5/c1-7-5-9-8(3-2-4-11(9)17-7)10-6-16-13(15)18-12(10)14/h2-6,17H,1H3,(H4,14,15,16,18). The lowest BCUT2D eigenvalue weighted by Gasteiger charge is -2.06. The molecule has 0 aliphatic heterocycles. The zero-order valence-electron chi connectivity index (χ0n) is 9.94. The monoisotopic (exact) mass is 239 g/mol. The summed E-state index contributed by atoms with van der Waals surface area (Å²) in [5, 5.41) is 1.11. The number of nitrogens with one attached hydrogen (secondary N) is 1. The minimum Gasteiger partial charge on any atom is -0.383 e. The van der Waals surface area contributed by atoms with Crippen molar-refractivity contribution in [2.24, 2.45) is 0 Å². The number of nitrogens with two attached hydrogens (primary N) is 2. The van der Waals surface area contributed by atoms with E-state index in [-0.39, 0.29) is 5.95 Å². The Labute approximate surface area is 104 Å². The summed E-state index contributed by atoms with van der Waals surface area (Å²) in [6.07, 6.45) is 1.66. The van der Waals surface area contributed by atoms with Gasteiger partial charge in [0.15, 0.2) is 0 Å². The lowest BCUT2D eigenvalue weighted by molar-refractivity contribution is 1.20. The van der Waals surface area contributed by atoms with Crippen molar-refractivity contribution in [3.05, 3.63) is 36.2 Å². The lowest BCUT2D eigenvalue weighted by atomic mass is 10.0. The molecule has 5 heteroatoms. The van der Waals surface area contributed by atoms with E-state index in [1.165, 1.54) is 0 Å². The predicted molar refractivity (Wildman–Crippen MR) is 72.9 cm³/mol. The molecule has 0 spiro atoms. The van der Waals surface area contributed by atoms with Crippen molar-refractivity contribution in [1.29, 1.82) is 0 Å². The van der Waals surface area contributed by atoms with Gasteiger partial charge in [0.1, 0.15) is 5.82 Å². The van der Waals surface area contributed by atoms with Gasteiger partial charge in [-0.3, -0.25) is 0 Å². The second-order valence-electron chi connectivity index (χ2n) is 4.25. The molecule has 0 saturated heterocycles. The maximum Gasteiger partial charge on any atom is 0.221 e. The highest BCUT2D eigenvalue weighted by Gasteiger charge is 2.10. The van der Waals surface area contributed by atoms with E-state index in [2.05, 4.69) is 21.0 Å². The molecule has 0 radical (unpaired) electrons. The van der Waals surface area contributed by atoms with Crippen LogP contribution in [0.1, 0.15) is 5.69 Å². The Bertz CT molecular complexity index is 729. The number of aryl methyl sites for hydroxylation is 1. The van der Waals surface area contributed by atoms with Gasteiger partial charge < -0.3 is 16.5 Å². The molecule has 5 N–H and O–H groups in total. The quantitative estimate of drug-likeness (QED) is 0.606. The molecular weight excluding hydrogens is 226 g/mol. The van der Waals surface area contributed by atoms with Crippen LogP contribution in [0.2, 0.25) is 0 Å². The summed E-state index contributed by atoms with van der Waals surface area (Å²) in [5.41, 5.74) is 15.4. The Morgan fingerprint density at radius 1 is 1.17 bits per heavy atom. The molecule has 0 atom stereocenters. The van der Waals surface area contributed by atoms with Crippen LogP contribution in [0, 0.1) is 6.92 Å². The minimum absolute atomic E-state index is 0.189. The Balaban J connectivity index is 2.31. The van der Waals surface area contributed by atoms with Gasteiger partial charge in [-0.1, -0.05) is 12.1 Å². The Morgan fingerprint density at radius 2 is 2.00 bits per heavy atom. The Kier molecular flexibility index (Phi) is 2.19. The second-order valence-corrected chi connectivity index (χ2v) is 4.25. The fourth-order valence-corrected chi connectivity index (χ4v) is 2.15. The van der Waals surface area contributed by atoms with Gasteiger partial charge in [0, 0.05) is 28.4 Å². The molecule has 2 heterocycles. The Hall–Kier alpha value is -2.56. The first kappa shape index (κ1) is 10.6. The Morgan fingerprint density at radius 3 is 2.78 bits per heavy atom. The van der Waals surface area contributed by atoms with E-state index in [1.807, 2.05) is 25.1 Å². The molecule has 3 rings (SSSR count). The van der Waals surface area contributed by atoms with Crippen molar-refractivity contribution in [2.75, 3.05) is 11.5 Å². The third-order valence-corrected chi connectivity index (χ3v) is 2.93. The van der Waals surface area contributed by atoms with E-state index < -0.39 is 0 Å². The van der Waals surface area contributed by atoms with Gasteiger partial charge in [-0.2, -0.15) is 4.98 Å². The average Bonchev–Trinajstić information content (AvgIpc) is 2.69. The normalized spacial score (nSPS) is 10.9. The van der Waals surface area contributed by atoms with Gasteiger partial charge in [-0.05, 0) is 24.6 Å². The molecule has 0 saturated carbocycles. The lowest BCUT2D eigenvalue weighted by Crippen LogP contribution is -2.01. The first-order valence-electron chi connectivity index (χ1n) is 5.62. The molecule has 3 aromatic rings. The van der Waals surface area contributed by atoms with Gasteiger partial charge in [0.2, 0.25) is 5.95 Å². The zero-order chi connectivity index (χ0) is 12.7. The largest absolute Gasteiger partial charge is 0.383 e. The van der Waals surface area contributed by atoms with Gasteiger partial charge in [-0.15, -0.1) is 0 Å². The molecule has 18 heavy (non-hydrogen) atoms. The molecule has 0 aliphatic carbocycles. The third-order valence-electron chi connectivity index (χ3n) is 2.93. The van der Waals surface area contributed by atoms with Crippen molar-refractivity contribution in [2.45, 2.75) is 6.92 Å². The summed E-state index contributed by atoms with van der Waals surface area (Å²) >= 11 is 0. The smallest absolute Gasteiger partial charge is 0.221 e. The molecule has 90 valence electrons. The topological polar surface area (TPSA) is 93.6 Å². The van der Waals surface area contributed by atoms with E-state index in [4.69, 9.17) is 11.5 Å². The molecule has 0 unspecified atom stereocenters. The number of nitrogen functional groups attached to an aromatic ring is 2. The van der Waals surface area contributed by atoms with Crippen molar-refractivity contribution < 1.29 is 0 Å². The molecule has 0 aliphatic rings. The third kappa shape index (κ3) is 1.57. The van der Waals surface area contributed by atoms with Crippen LogP contribution in [-0.4, -0.2) is 15.0 Å². The first-order chi connectivity index (χ1) is 8.65. The number of nitrogens with zero attached hydrogens (tertiary/aromatic N) is 2. The molecule has 5 nitrogen and oxygen atoms in total. The zero-order valence-corrected chi connectivity index (χ0v) is 9.94. The van der Waals surface area contributed by atoms with E-state index in [0.29, 0.717) is 5.82 Å². The number of aromatic amines is 1. The highest BCUT2D eigenvalue weighted by Crippen LogP contribution is 2.31. The van der Waals surface area contributed by atoms with Crippen LogP contribution < -0.4 is 11.5 Å². The first-order valence-corrected chi connectivity index (χ1v) is 5.62. The summed E-state index contributed by atoms with van der Waals surface area (Å²) in [5.74, 6) is 0.586. The van der Waals surface area contributed by atoms with Crippen LogP contribution in [0.15, 0.2) is 30.5 Å². The van der Waals surface area contributed by atoms with Gasteiger partial charge >= 0.3 is 0 Å². The van der Waals surface area contributed by atoms with E-state index in [9.17, 15) is 0 Å². The summed E-state index contributed by atoms with van der Waals surface area (Å²) in [4.78, 5) is 11.3. The SMILES string of the molecule is Cc1cc2c(-c3cnc(N)nc3N)cccc2[nH]1. The fraction of sp³-hybridized carbons (Fsp3) is 0.0769. The number of aromatic nitrogens is 3. The minimum atomic E-state index is 0.189. The maximum atomic E-state index is 5.91. The summed E-state index contributed by atoms with van der Waals surface area (Å²) in [6, 6.07) is 8.09. The van der Waals surface area contributed by atoms with Gasteiger partial charge in [0.05, 0.1) is 0 Å². The molecule has 2 aromatic heterocycles. The number of anilines is 2. The fourth-order valence-electron chi connectivity index (χ4n) is 2.15. The molecule has 0 amide bonds. The number of fused-ring (bicyclic) bond motifs is 1. The highest BCUT2D eigenvalue weighted by atomic mass is 15.0. The number of hydrogen-bond acceptors (Lipinski definition) is 4. The molecular formula is C13H13N5. The van der Waals surface area contributed by atoms with Crippen LogP contribution in [0.25, 0.3) is 22.0 Å². The van der Waals surface area contributed by atoms with Gasteiger partial charge in [-0.25, -0.2) is 4.98 Å². The molecule has 0 fully saturated rings. The number of benzene rings is 1. The van der Waals surface area contributed by atoms with E-state index >= 15 is 0 Å².